The van der Waals surface area contributed by atoms with Crippen LogP contribution in [0.25, 0.3) is 0 Å². The lowest BCUT2D eigenvalue weighted by atomic mass is 9.82. The molecule has 7 heteroatoms. The fraction of sp³-hybridized carbons (Fsp3) is 0.429. The summed E-state index contributed by atoms with van der Waals surface area (Å²) in [7, 11) is 1.93. The molecule has 152 valence electrons. The van der Waals surface area contributed by atoms with E-state index >= 15 is 0 Å². The summed E-state index contributed by atoms with van der Waals surface area (Å²) in [5, 5.41) is 8.10. The van der Waals surface area contributed by atoms with E-state index in [1.165, 1.54) is 0 Å². The van der Waals surface area contributed by atoms with Gasteiger partial charge in [-0.05, 0) is 37.8 Å². The number of nitrogens with one attached hydrogen (secondary N) is 1. The maximum absolute atomic E-state index is 12.1. The Morgan fingerprint density at radius 3 is 2.57 bits per heavy atom. The van der Waals surface area contributed by atoms with Crippen LogP contribution in [0.4, 0.5) is 10.6 Å². The monoisotopic (exact) mass is 405 g/mol. The second-order valence-electron chi connectivity index (χ2n) is 7.11. The van der Waals surface area contributed by atoms with Crippen LogP contribution >= 0.6 is 12.4 Å². The summed E-state index contributed by atoms with van der Waals surface area (Å²) < 4.78 is 12.6. The highest BCUT2D eigenvalue weighted by atomic mass is 35.5. The van der Waals surface area contributed by atoms with Gasteiger partial charge < -0.3 is 14.8 Å². The summed E-state index contributed by atoms with van der Waals surface area (Å²) in [4.78, 5) is 12.1. The molecular weight excluding hydrogens is 378 g/mol. The Hall–Kier alpha value is -2.47. The van der Waals surface area contributed by atoms with Gasteiger partial charge in [-0.15, -0.1) is 12.4 Å². The molecule has 0 saturated carbocycles. The number of hydrogen-bond acceptors (Lipinski definition) is 5. The van der Waals surface area contributed by atoms with Gasteiger partial charge in [0.2, 0.25) is 0 Å². The average Bonchev–Trinajstić information content (AvgIpc) is 2.93. The lowest BCUT2D eigenvalue weighted by molar-refractivity contribution is 0.0777. The molecule has 1 aliphatic heterocycles. The number of benzene rings is 1. The molecule has 1 aliphatic rings. The van der Waals surface area contributed by atoms with Gasteiger partial charge in [-0.1, -0.05) is 38.1 Å². The van der Waals surface area contributed by atoms with Crippen LogP contribution in [0.3, 0.4) is 0 Å². The predicted octanol–water partition coefficient (Wildman–Crippen LogP) is 5.24. The summed E-state index contributed by atoms with van der Waals surface area (Å²) in [6.45, 7) is 10.2. The van der Waals surface area contributed by atoms with E-state index in [9.17, 15) is 4.79 Å². The molecule has 0 aliphatic carbocycles. The third-order valence-electron chi connectivity index (χ3n) is 4.84. The van der Waals surface area contributed by atoms with Crippen LogP contribution in [0.2, 0.25) is 0 Å². The number of carbonyl (C=O) groups is 1. The first-order valence-corrected chi connectivity index (χ1v) is 9.29. The van der Waals surface area contributed by atoms with Gasteiger partial charge in [-0.25, -0.2) is 4.79 Å². The van der Waals surface area contributed by atoms with Gasteiger partial charge in [0.05, 0.1) is 23.9 Å². The molecule has 6 nitrogen and oxygen atoms in total. The molecule has 0 radical (unpaired) electrons. The van der Waals surface area contributed by atoms with Crippen molar-refractivity contribution in [3.8, 4) is 0 Å². The lowest BCUT2D eigenvalue weighted by Gasteiger charge is -2.30. The molecular formula is C21H28ClN3O3. The third kappa shape index (κ3) is 3.87. The van der Waals surface area contributed by atoms with E-state index in [4.69, 9.17) is 14.6 Å². The van der Waals surface area contributed by atoms with E-state index in [-0.39, 0.29) is 30.8 Å². The molecule has 0 amide bonds. The lowest BCUT2D eigenvalue weighted by Crippen LogP contribution is -2.23. The zero-order valence-corrected chi connectivity index (χ0v) is 18.0. The standard InChI is InChI=1S/C21H27N3O3.ClH/c1-7-26-21(25)27-19-14(5)22-20-17(18(12(2)3)23-24(20)6)16(19)15-11-9-8-10-13(15)4;/h8-12,16,22H,7H2,1-6H3;1H. The minimum Gasteiger partial charge on any atom is -0.434 e. The highest BCUT2D eigenvalue weighted by Gasteiger charge is 2.37. The molecule has 1 N–H and O–H groups in total. The number of nitrogens with zero attached hydrogens (tertiary/aromatic N) is 2. The van der Waals surface area contributed by atoms with Gasteiger partial charge in [0.15, 0.2) is 0 Å². The van der Waals surface area contributed by atoms with Crippen LogP contribution in [-0.4, -0.2) is 22.5 Å². The Kier molecular flexibility index (Phi) is 6.77. The van der Waals surface area contributed by atoms with E-state index in [1.54, 1.807) is 6.92 Å². The molecule has 1 aromatic heterocycles. The largest absolute Gasteiger partial charge is 0.513 e. The van der Waals surface area contributed by atoms with Crippen molar-refractivity contribution >= 4 is 24.4 Å². The molecule has 0 bridgehead atoms. The highest BCUT2D eigenvalue weighted by molar-refractivity contribution is 5.85. The van der Waals surface area contributed by atoms with Gasteiger partial charge in [0.1, 0.15) is 11.6 Å². The highest BCUT2D eigenvalue weighted by Crippen LogP contribution is 2.46. The first kappa shape index (κ1) is 21.8. The Balaban J connectivity index is 0.00000280. The molecule has 0 saturated heterocycles. The van der Waals surface area contributed by atoms with Gasteiger partial charge in [0, 0.05) is 12.6 Å². The molecule has 28 heavy (non-hydrogen) atoms. The van der Waals surface area contributed by atoms with Crippen molar-refractivity contribution in [2.45, 2.75) is 46.5 Å². The van der Waals surface area contributed by atoms with E-state index in [0.29, 0.717) is 5.76 Å². The van der Waals surface area contributed by atoms with Crippen molar-refractivity contribution < 1.29 is 14.3 Å². The predicted molar refractivity (Wildman–Crippen MR) is 112 cm³/mol. The van der Waals surface area contributed by atoms with Gasteiger partial charge in [-0.3, -0.25) is 4.68 Å². The summed E-state index contributed by atoms with van der Waals surface area (Å²) in [5.41, 5.74) is 5.04. The second kappa shape index (κ2) is 8.69. The van der Waals surface area contributed by atoms with Crippen LogP contribution in [-0.2, 0) is 16.5 Å². The number of halogens is 1. The zero-order chi connectivity index (χ0) is 19.7. The van der Waals surface area contributed by atoms with Gasteiger partial charge in [-0.2, -0.15) is 5.10 Å². The molecule has 0 spiro atoms. The van der Waals surface area contributed by atoms with Crippen LogP contribution in [0, 0.1) is 6.92 Å². The Labute approximate surface area is 172 Å². The van der Waals surface area contributed by atoms with Crippen molar-refractivity contribution in [3.05, 3.63) is 58.1 Å². The molecule has 2 heterocycles. The van der Waals surface area contributed by atoms with Crippen molar-refractivity contribution in [3.63, 3.8) is 0 Å². The topological polar surface area (TPSA) is 65.4 Å². The normalized spacial score (nSPS) is 15.6. The molecule has 1 aromatic carbocycles. The molecule has 0 fully saturated rings. The van der Waals surface area contributed by atoms with E-state index < -0.39 is 6.16 Å². The molecule has 2 aromatic rings. The Morgan fingerprint density at radius 1 is 1.29 bits per heavy atom. The first-order chi connectivity index (χ1) is 12.8. The summed E-state index contributed by atoms with van der Waals surface area (Å²) >= 11 is 0. The fourth-order valence-corrected chi connectivity index (χ4v) is 3.59. The van der Waals surface area contributed by atoms with E-state index in [0.717, 1.165) is 33.9 Å². The van der Waals surface area contributed by atoms with Gasteiger partial charge >= 0.3 is 6.16 Å². The molecule has 1 atom stereocenters. The third-order valence-corrected chi connectivity index (χ3v) is 4.84. The molecule has 1 unspecified atom stereocenters. The summed E-state index contributed by atoms with van der Waals surface area (Å²) in [5.74, 6) is 1.50. The zero-order valence-electron chi connectivity index (χ0n) is 17.2. The quantitative estimate of drug-likeness (QED) is 0.705. The number of ether oxygens (including phenoxy) is 2. The van der Waals surface area contributed by atoms with Crippen LogP contribution in [0.5, 0.6) is 0 Å². The van der Waals surface area contributed by atoms with Crippen LogP contribution in [0.1, 0.15) is 61.9 Å². The van der Waals surface area contributed by atoms with Crippen molar-refractivity contribution in [1.82, 2.24) is 9.78 Å². The fourth-order valence-electron chi connectivity index (χ4n) is 3.59. The first-order valence-electron chi connectivity index (χ1n) is 9.29. The maximum Gasteiger partial charge on any atom is 0.513 e. The Morgan fingerprint density at radius 2 is 1.96 bits per heavy atom. The number of hydrogen-bond donors (Lipinski definition) is 1. The second-order valence-corrected chi connectivity index (χ2v) is 7.11. The smallest absolute Gasteiger partial charge is 0.434 e. The van der Waals surface area contributed by atoms with Crippen molar-refractivity contribution in [2.24, 2.45) is 7.05 Å². The number of carbonyl (C=O) groups excluding carboxylic acids is 1. The van der Waals surface area contributed by atoms with Crippen molar-refractivity contribution in [2.75, 3.05) is 11.9 Å². The number of allylic oxidation sites excluding steroid dienone is 2. The van der Waals surface area contributed by atoms with E-state index in [2.05, 4.69) is 38.2 Å². The van der Waals surface area contributed by atoms with Crippen molar-refractivity contribution in [1.29, 1.82) is 0 Å². The van der Waals surface area contributed by atoms with Gasteiger partial charge in [0.25, 0.3) is 0 Å². The SMILES string of the molecule is CCOC(=O)OC1=C(C)Nc2c(c(C(C)C)nn2C)C1c1ccccc1C.Cl. The number of anilines is 1. The Bertz CT molecular complexity index is 902. The van der Waals surface area contributed by atoms with Crippen LogP contribution in [0.15, 0.2) is 35.7 Å². The average molecular weight is 406 g/mol. The summed E-state index contributed by atoms with van der Waals surface area (Å²) in [6.07, 6.45) is -0.689. The summed E-state index contributed by atoms with van der Waals surface area (Å²) in [6, 6.07) is 8.16. The molecule has 3 rings (SSSR count). The maximum atomic E-state index is 12.1. The number of rotatable bonds is 4. The van der Waals surface area contributed by atoms with Crippen LogP contribution < -0.4 is 5.32 Å². The number of aromatic nitrogens is 2. The minimum atomic E-state index is -0.689. The number of fused-ring (bicyclic) bond motifs is 1. The minimum absolute atomic E-state index is 0. The van der Waals surface area contributed by atoms with E-state index in [1.807, 2.05) is 30.8 Å². The number of aryl methyl sites for hydroxylation is 2.